The van der Waals surface area contributed by atoms with Gasteiger partial charge in [-0.3, -0.25) is 9.52 Å². The Morgan fingerprint density at radius 1 is 0.897 bits per heavy atom. The van der Waals surface area contributed by atoms with Crippen LogP contribution < -0.4 is 4.72 Å². The molecule has 29 heavy (non-hydrogen) atoms. The highest BCUT2D eigenvalue weighted by Crippen LogP contribution is 2.24. The number of carbonyl (C=O) groups is 1. The zero-order valence-corrected chi connectivity index (χ0v) is 17.5. The van der Waals surface area contributed by atoms with Crippen molar-refractivity contribution in [3.63, 3.8) is 0 Å². The van der Waals surface area contributed by atoms with E-state index in [1.54, 1.807) is 55.3 Å². The molecule has 0 aliphatic carbocycles. The summed E-state index contributed by atoms with van der Waals surface area (Å²) in [5.74, 6) is -0.163. The van der Waals surface area contributed by atoms with E-state index in [1.807, 2.05) is 31.2 Å². The molecule has 0 unspecified atom stereocenters. The van der Waals surface area contributed by atoms with Crippen molar-refractivity contribution in [3.8, 4) is 0 Å². The van der Waals surface area contributed by atoms with E-state index >= 15 is 0 Å². The zero-order valence-electron chi connectivity index (χ0n) is 16.7. The standard InChI is InChI=1S/C23H24N2O3S/c1-17-12-14-19(15-13-17)16-25(3)23(26)21-10-7-11-22(18(21)2)24-29(27,28)20-8-5-4-6-9-20/h4-15,24H,16H2,1-3H3. The fourth-order valence-electron chi connectivity index (χ4n) is 3.03. The molecule has 0 atom stereocenters. The summed E-state index contributed by atoms with van der Waals surface area (Å²) >= 11 is 0. The van der Waals surface area contributed by atoms with Gasteiger partial charge < -0.3 is 4.90 Å². The first kappa shape index (κ1) is 20.6. The van der Waals surface area contributed by atoms with E-state index < -0.39 is 10.0 Å². The van der Waals surface area contributed by atoms with Crippen molar-refractivity contribution >= 4 is 21.6 Å². The highest BCUT2D eigenvalue weighted by Gasteiger charge is 2.19. The Hall–Kier alpha value is -3.12. The molecule has 3 aromatic carbocycles. The Bertz CT molecular complexity index is 1110. The van der Waals surface area contributed by atoms with Crippen LogP contribution in [-0.4, -0.2) is 26.3 Å². The minimum absolute atomic E-state index is 0.163. The molecule has 0 aliphatic heterocycles. The number of anilines is 1. The third-order valence-electron chi connectivity index (χ3n) is 4.75. The van der Waals surface area contributed by atoms with Gasteiger partial charge in [-0.15, -0.1) is 0 Å². The minimum Gasteiger partial charge on any atom is -0.337 e. The van der Waals surface area contributed by atoms with Gasteiger partial charge in [0.15, 0.2) is 0 Å². The van der Waals surface area contributed by atoms with Crippen molar-refractivity contribution < 1.29 is 13.2 Å². The van der Waals surface area contributed by atoms with E-state index in [9.17, 15) is 13.2 Å². The van der Waals surface area contributed by atoms with Gasteiger partial charge in [0.05, 0.1) is 10.6 Å². The van der Waals surface area contributed by atoms with Crippen LogP contribution >= 0.6 is 0 Å². The molecule has 1 amide bonds. The molecule has 0 spiro atoms. The molecule has 0 radical (unpaired) electrons. The summed E-state index contributed by atoms with van der Waals surface area (Å²) in [7, 11) is -1.99. The smallest absolute Gasteiger partial charge is 0.261 e. The van der Waals surface area contributed by atoms with Gasteiger partial charge in [0.2, 0.25) is 0 Å². The summed E-state index contributed by atoms with van der Waals surface area (Å²) in [5.41, 5.74) is 3.64. The molecule has 0 bridgehead atoms. The molecule has 0 saturated carbocycles. The lowest BCUT2D eigenvalue weighted by Gasteiger charge is -2.20. The maximum Gasteiger partial charge on any atom is 0.261 e. The predicted octanol–water partition coefficient (Wildman–Crippen LogP) is 4.38. The van der Waals surface area contributed by atoms with Crippen LogP contribution in [0.2, 0.25) is 0 Å². The minimum atomic E-state index is -3.73. The lowest BCUT2D eigenvalue weighted by atomic mass is 10.1. The normalized spacial score (nSPS) is 11.1. The molecule has 0 aromatic heterocycles. The first-order valence-corrected chi connectivity index (χ1v) is 10.7. The predicted molar refractivity (Wildman–Crippen MR) is 115 cm³/mol. The molecule has 0 aliphatic rings. The second kappa shape index (κ2) is 8.49. The van der Waals surface area contributed by atoms with Gasteiger partial charge in [0.1, 0.15) is 0 Å². The van der Waals surface area contributed by atoms with Crippen LogP contribution in [0.3, 0.4) is 0 Å². The second-order valence-corrected chi connectivity index (χ2v) is 8.73. The molecule has 0 heterocycles. The Balaban J connectivity index is 1.82. The Labute approximate surface area is 172 Å². The van der Waals surface area contributed by atoms with Crippen molar-refractivity contribution in [1.29, 1.82) is 0 Å². The fraction of sp³-hybridized carbons (Fsp3) is 0.174. The van der Waals surface area contributed by atoms with Crippen molar-refractivity contribution in [2.75, 3.05) is 11.8 Å². The van der Waals surface area contributed by atoms with Gasteiger partial charge in [-0.1, -0.05) is 54.1 Å². The van der Waals surface area contributed by atoms with Gasteiger partial charge in [0.25, 0.3) is 15.9 Å². The van der Waals surface area contributed by atoms with Crippen LogP contribution in [0.25, 0.3) is 0 Å². The number of nitrogens with zero attached hydrogens (tertiary/aromatic N) is 1. The SMILES string of the molecule is Cc1ccc(CN(C)C(=O)c2cccc(NS(=O)(=O)c3ccccc3)c2C)cc1. The average molecular weight is 409 g/mol. The Kier molecular flexibility index (Phi) is 6.03. The van der Waals surface area contributed by atoms with Crippen molar-refractivity contribution in [2.24, 2.45) is 0 Å². The van der Waals surface area contributed by atoms with Gasteiger partial charge >= 0.3 is 0 Å². The molecule has 5 nitrogen and oxygen atoms in total. The third-order valence-corrected chi connectivity index (χ3v) is 6.13. The third kappa shape index (κ3) is 4.84. The summed E-state index contributed by atoms with van der Waals surface area (Å²) in [4.78, 5) is 14.8. The molecule has 150 valence electrons. The number of sulfonamides is 1. The van der Waals surface area contributed by atoms with Gasteiger partial charge in [-0.05, 0) is 49.2 Å². The van der Waals surface area contributed by atoms with Crippen LogP contribution in [0.1, 0.15) is 27.0 Å². The van der Waals surface area contributed by atoms with E-state index in [1.165, 1.54) is 12.1 Å². The Morgan fingerprint density at radius 3 is 2.21 bits per heavy atom. The summed E-state index contributed by atoms with van der Waals surface area (Å²) in [5, 5.41) is 0. The van der Waals surface area contributed by atoms with E-state index in [0.717, 1.165) is 11.1 Å². The van der Waals surface area contributed by atoms with E-state index in [0.29, 0.717) is 23.4 Å². The number of aryl methyl sites for hydroxylation is 1. The maximum absolute atomic E-state index is 13.0. The number of carbonyl (C=O) groups excluding carboxylic acids is 1. The summed E-state index contributed by atoms with van der Waals surface area (Å²) in [6.07, 6.45) is 0. The van der Waals surface area contributed by atoms with E-state index in [2.05, 4.69) is 4.72 Å². The van der Waals surface area contributed by atoms with Crippen LogP contribution in [0.5, 0.6) is 0 Å². The lowest BCUT2D eigenvalue weighted by molar-refractivity contribution is 0.0784. The molecule has 1 N–H and O–H groups in total. The van der Waals surface area contributed by atoms with E-state index in [-0.39, 0.29) is 10.8 Å². The summed E-state index contributed by atoms with van der Waals surface area (Å²) in [6.45, 7) is 4.23. The molecule has 0 saturated heterocycles. The van der Waals surface area contributed by atoms with Crippen molar-refractivity contribution in [1.82, 2.24) is 4.90 Å². The number of nitrogens with one attached hydrogen (secondary N) is 1. The topological polar surface area (TPSA) is 66.5 Å². The first-order chi connectivity index (χ1) is 13.8. The second-order valence-electron chi connectivity index (χ2n) is 7.04. The number of amides is 1. The Morgan fingerprint density at radius 2 is 1.55 bits per heavy atom. The first-order valence-electron chi connectivity index (χ1n) is 9.26. The van der Waals surface area contributed by atoms with Crippen LogP contribution in [0.15, 0.2) is 77.7 Å². The van der Waals surface area contributed by atoms with Crippen LogP contribution in [-0.2, 0) is 16.6 Å². The summed E-state index contributed by atoms with van der Waals surface area (Å²) in [6, 6.07) is 21.2. The lowest BCUT2D eigenvalue weighted by Crippen LogP contribution is -2.27. The monoisotopic (exact) mass is 408 g/mol. The molecular formula is C23H24N2O3S. The highest BCUT2D eigenvalue weighted by molar-refractivity contribution is 7.92. The number of hydrogen-bond acceptors (Lipinski definition) is 3. The quantitative estimate of drug-likeness (QED) is 0.658. The fourth-order valence-corrected chi connectivity index (χ4v) is 4.17. The molecule has 3 rings (SSSR count). The average Bonchev–Trinajstić information content (AvgIpc) is 2.71. The molecule has 3 aromatic rings. The largest absolute Gasteiger partial charge is 0.337 e. The number of hydrogen-bond donors (Lipinski definition) is 1. The van der Waals surface area contributed by atoms with Crippen LogP contribution in [0, 0.1) is 13.8 Å². The van der Waals surface area contributed by atoms with Crippen molar-refractivity contribution in [2.45, 2.75) is 25.3 Å². The number of benzene rings is 3. The zero-order chi connectivity index (χ0) is 21.0. The van der Waals surface area contributed by atoms with Gasteiger partial charge in [-0.2, -0.15) is 0 Å². The van der Waals surface area contributed by atoms with Gasteiger partial charge in [0, 0.05) is 19.2 Å². The van der Waals surface area contributed by atoms with Crippen molar-refractivity contribution in [3.05, 3.63) is 95.1 Å². The molecular weight excluding hydrogens is 384 g/mol. The molecule has 6 heteroatoms. The van der Waals surface area contributed by atoms with Crippen LogP contribution in [0.4, 0.5) is 5.69 Å². The van der Waals surface area contributed by atoms with E-state index in [4.69, 9.17) is 0 Å². The summed E-state index contributed by atoms with van der Waals surface area (Å²) < 4.78 is 27.9. The maximum atomic E-state index is 13.0. The highest BCUT2D eigenvalue weighted by atomic mass is 32.2. The molecule has 0 fully saturated rings. The number of rotatable bonds is 6. The van der Waals surface area contributed by atoms with Gasteiger partial charge in [-0.25, -0.2) is 8.42 Å².